The number of hydrogen-bond acceptors (Lipinski definition) is 5. The minimum absolute atomic E-state index is 0.113. The number of hydrogen-bond donors (Lipinski definition) is 3. The Morgan fingerprint density at radius 3 is 2.59 bits per heavy atom. The molecule has 2 aromatic carbocycles. The number of amides is 2. The van der Waals surface area contributed by atoms with Crippen LogP contribution < -0.4 is 15.4 Å². The van der Waals surface area contributed by atoms with E-state index in [0.29, 0.717) is 23.3 Å². The minimum Gasteiger partial charge on any atom is -0.336 e. The van der Waals surface area contributed by atoms with Gasteiger partial charge in [0, 0.05) is 18.3 Å². The summed E-state index contributed by atoms with van der Waals surface area (Å²) >= 11 is 0. The Labute approximate surface area is 167 Å². The zero-order chi connectivity index (χ0) is 21.0. The molecule has 0 aliphatic carbocycles. The van der Waals surface area contributed by atoms with Crippen molar-refractivity contribution in [3.05, 3.63) is 48.3 Å². The first-order valence-electron chi connectivity index (χ1n) is 8.90. The minimum atomic E-state index is -3.62. The van der Waals surface area contributed by atoms with E-state index in [4.69, 9.17) is 0 Å². The topological polar surface area (TPSA) is 118 Å². The molecule has 0 saturated heterocycles. The number of rotatable bonds is 7. The number of aromatic nitrogens is 3. The van der Waals surface area contributed by atoms with Gasteiger partial charge in [-0.05, 0) is 56.3 Å². The molecular formula is C18H21FN6O3S. The van der Waals surface area contributed by atoms with Crippen LogP contribution in [0, 0.1) is 5.82 Å². The molecule has 154 valence electrons. The van der Waals surface area contributed by atoms with E-state index in [1.165, 1.54) is 36.4 Å². The number of sulfonamides is 1. The molecule has 0 spiro atoms. The maximum Gasteiger partial charge on any atom is 0.319 e. The highest BCUT2D eigenvalue weighted by Gasteiger charge is 2.17. The second kappa shape index (κ2) is 8.53. The van der Waals surface area contributed by atoms with E-state index in [9.17, 15) is 17.6 Å². The first-order valence-corrected chi connectivity index (χ1v) is 10.4. The summed E-state index contributed by atoms with van der Waals surface area (Å²) in [6, 6.07) is 9.33. The normalized spacial score (nSPS) is 11.7. The number of nitrogens with one attached hydrogen (secondary N) is 3. The summed E-state index contributed by atoms with van der Waals surface area (Å²) in [5.74, 6) is -0.384. The van der Waals surface area contributed by atoms with Gasteiger partial charge in [-0.2, -0.15) is 0 Å². The molecule has 1 heterocycles. The van der Waals surface area contributed by atoms with Gasteiger partial charge in [-0.15, -0.1) is 5.10 Å². The van der Waals surface area contributed by atoms with Gasteiger partial charge in [0.25, 0.3) is 0 Å². The summed E-state index contributed by atoms with van der Waals surface area (Å²) in [4.78, 5) is 12.0. The highest BCUT2D eigenvalue weighted by Crippen LogP contribution is 2.17. The van der Waals surface area contributed by atoms with Gasteiger partial charge in [0.1, 0.15) is 11.3 Å². The van der Waals surface area contributed by atoms with Crippen LogP contribution in [0.3, 0.4) is 0 Å². The van der Waals surface area contributed by atoms with Crippen LogP contribution in [0.1, 0.15) is 13.8 Å². The number of carbonyl (C=O) groups excluding carboxylic acids is 1. The molecule has 3 N–H and O–H groups in total. The Morgan fingerprint density at radius 1 is 1.17 bits per heavy atom. The molecule has 0 saturated carbocycles. The fourth-order valence-corrected chi connectivity index (χ4v) is 3.92. The molecule has 0 unspecified atom stereocenters. The molecule has 0 radical (unpaired) electrons. The van der Waals surface area contributed by atoms with Crippen LogP contribution >= 0.6 is 0 Å². The third-order valence-electron chi connectivity index (χ3n) is 3.90. The average Bonchev–Trinajstić information content (AvgIpc) is 3.05. The van der Waals surface area contributed by atoms with Crippen LogP contribution in [-0.4, -0.2) is 42.0 Å². The lowest BCUT2D eigenvalue weighted by Gasteiger charge is -2.10. The highest BCUT2D eigenvalue weighted by molar-refractivity contribution is 7.89. The van der Waals surface area contributed by atoms with E-state index >= 15 is 0 Å². The lowest BCUT2D eigenvalue weighted by atomic mass is 10.3. The lowest BCUT2D eigenvalue weighted by molar-refractivity contribution is 0.251. The summed E-state index contributed by atoms with van der Waals surface area (Å²) in [5, 5.41) is 13.3. The standard InChI is InChI=1S/C18H21FN6O3S/c1-12(2)23-29(27,28)15-7-8-17-16(11-15)22-24-25(17)10-9-20-18(26)21-14-5-3-13(19)4-6-14/h3-8,11-12,23H,9-10H2,1-2H3,(H2,20,21,26). The Bertz CT molecular complexity index is 1110. The Kier molecular flexibility index (Phi) is 6.09. The van der Waals surface area contributed by atoms with Crippen LogP contribution in [0.25, 0.3) is 11.0 Å². The third-order valence-corrected chi connectivity index (χ3v) is 5.55. The van der Waals surface area contributed by atoms with Crippen molar-refractivity contribution in [1.29, 1.82) is 0 Å². The van der Waals surface area contributed by atoms with Gasteiger partial charge in [-0.1, -0.05) is 5.21 Å². The molecule has 0 fully saturated rings. The molecule has 11 heteroatoms. The average molecular weight is 420 g/mol. The van der Waals surface area contributed by atoms with Gasteiger partial charge in [0.15, 0.2) is 0 Å². The predicted molar refractivity (Wildman–Crippen MR) is 106 cm³/mol. The molecule has 1 aromatic heterocycles. The quantitative estimate of drug-likeness (QED) is 0.541. The van der Waals surface area contributed by atoms with Gasteiger partial charge in [-0.25, -0.2) is 27.0 Å². The van der Waals surface area contributed by atoms with Crippen molar-refractivity contribution in [2.45, 2.75) is 31.3 Å². The van der Waals surface area contributed by atoms with Gasteiger partial charge >= 0.3 is 6.03 Å². The van der Waals surface area contributed by atoms with Gasteiger partial charge in [0.2, 0.25) is 10.0 Å². The summed E-state index contributed by atoms with van der Waals surface area (Å²) in [5.41, 5.74) is 1.56. The number of halogens is 1. The molecule has 0 aliphatic rings. The number of benzene rings is 2. The second-order valence-corrected chi connectivity index (χ2v) is 8.34. The predicted octanol–water partition coefficient (Wildman–Crippen LogP) is 2.08. The van der Waals surface area contributed by atoms with Crippen molar-refractivity contribution in [3.8, 4) is 0 Å². The summed E-state index contributed by atoms with van der Waals surface area (Å²) < 4.78 is 41.5. The largest absolute Gasteiger partial charge is 0.336 e. The van der Waals surface area contributed by atoms with Crippen LogP contribution in [0.4, 0.5) is 14.9 Å². The summed E-state index contributed by atoms with van der Waals surface area (Å²) in [7, 11) is -3.62. The van der Waals surface area contributed by atoms with E-state index in [1.54, 1.807) is 24.6 Å². The number of urea groups is 1. The van der Waals surface area contributed by atoms with Crippen LogP contribution in [-0.2, 0) is 16.6 Å². The van der Waals surface area contributed by atoms with Crippen molar-refractivity contribution in [1.82, 2.24) is 25.0 Å². The van der Waals surface area contributed by atoms with Crippen molar-refractivity contribution in [2.24, 2.45) is 0 Å². The zero-order valence-corrected chi connectivity index (χ0v) is 16.7. The third kappa shape index (κ3) is 5.27. The molecule has 2 amide bonds. The monoisotopic (exact) mass is 420 g/mol. The maximum absolute atomic E-state index is 12.9. The smallest absolute Gasteiger partial charge is 0.319 e. The van der Waals surface area contributed by atoms with Crippen LogP contribution in [0.2, 0.25) is 0 Å². The Balaban J connectivity index is 1.61. The lowest BCUT2D eigenvalue weighted by Crippen LogP contribution is -2.31. The number of carbonyl (C=O) groups is 1. The molecule has 3 aromatic rings. The maximum atomic E-state index is 12.9. The molecule has 29 heavy (non-hydrogen) atoms. The fourth-order valence-electron chi connectivity index (χ4n) is 2.65. The van der Waals surface area contributed by atoms with E-state index in [-0.39, 0.29) is 23.3 Å². The number of nitrogens with zero attached hydrogens (tertiary/aromatic N) is 3. The second-order valence-electron chi connectivity index (χ2n) is 6.63. The van der Waals surface area contributed by atoms with Gasteiger partial charge in [-0.3, -0.25) is 0 Å². The highest BCUT2D eigenvalue weighted by atomic mass is 32.2. The first kappa shape index (κ1) is 20.7. The molecule has 9 nitrogen and oxygen atoms in total. The van der Waals surface area contributed by atoms with Crippen LogP contribution in [0.5, 0.6) is 0 Å². The molecule has 3 rings (SSSR count). The van der Waals surface area contributed by atoms with Gasteiger partial charge < -0.3 is 10.6 Å². The number of anilines is 1. The van der Waals surface area contributed by atoms with E-state index in [1.807, 2.05) is 0 Å². The van der Waals surface area contributed by atoms with Crippen LogP contribution in [0.15, 0.2) is 47.4 Å². The zero-order valence-electron chi connectivity index (χ0n) is 15.9. The fraction of sp³-hybridized carbons (Fsp3) is 0.278. The number of fused-ring (bicyclic) bond motifs is 1. The van der Waals surface area contributed by atoms with Crippen molar-refractivity contribution < 1.29 is 17.6 Å². The van der Waals surface area contributed by atoms with Crippen molar-refractivity contribution in [3.63, 3.8) is 0 Å². The summed E-state index contributed by atoms with van der Waals surface area (Å²) in [6.45, 7) is 4.08. The van der Waals surface area contributed by atoms with Crippen molar-refractivity contribution in [2.75, 3.05) is 11.9 Å². The summed E-state index contributed by atoms with van der Waals surface area (Å²) in [6.07, 6.45) is 0. The Hall–Kier alpha value is -3.05. The van der Waals surface area contributed by atoms with Crippen molar-refractivity contribution >= 4 is 32.8 Å². The van der Waals surface area contributed by atoms with Gasteiger partial charge in [0.05, 0.1) is 17.0 Å². The molecule has 0 aliphatic heterocycles. The van der Waals surface area contributed by atoms with E-state index in [2.05, 4.69) is 25.7 Å². The Morgan fingerprint density at radius 2 is 1.90 bits per heavy atom. The molecular weight excluding hydrogens is 399 g/mol. The first-order chi connectivity index (χ1) is 13.7. The van der Waals surface area contributed by atoms with E-state index in [0.717, 1.165) is 0 Å². The SMILES string of the molecule is CC(C)NS(=O)(=O)c1ccc2c(c1)nnn2CCNC(=O)Nc1ccc(F)cc1. The molecule has 0 bridgehead atoms. The van der Waals surface area contributed by atoms with E-state index < -0.39 is 16.1 Å². The molecule has 0 atom stereocenters.